The first-order valence-corrected chi connectivity index (χ1v) is 8.39. The molecule has 0 bridgehead atoms. The minimum absolute atomic E-state index is 0.0508. The number of fused-ring (bicyclic) bond motifs is 1. The van der Waals surface area contributed by atoms with Gasteiger partial charge in [-0.2, -0.15) is 0 Å². The summed E-state index contributed by atoms with van der Waals surface area (Å²) in [4.78, 5) is 17.0. The summed E-state index contributed by atoms with van der Waals surface area (Å²) in [6.45, 7) is 4.40. The van der Waals surface area contributed by atoms with Gasteiger partial charge in [0.05, 0.1) is 17.3 Å². The number of nitrogens with one attached hydrogen (secondary N) is 1. The number of nitrogens with zero attached hydrogens (tertiary/aromatic N) is 1. The van der Waals surface area contributed by atoms with E-state index in [0.29, 0.717) is 12.2 Å². The molecule has 4 nitrogen and oxygen atoms in total. The number of benzene rings is 2. The molecule has 1 N–H and O–H groups in total. The Balaban J connectivity index is 1.81. The van der Waals surface area contributed by atoms with Crippen LogP contribution < -0.4 is 10.1 Å². The van der Waals surface area contributed by atoms with E-state index in [9.17, 15) is 4.79 Å². The van der Waals surface area contributed by atoms with Crippen LogP contribution in [0.15, 0.2) is 48.5 Å². The average Bonchev–Trinajstić information content (AvgIpc) is 2.98. The summed E-state index contributed by atoms with van der Waals surface area (Å²) in [5.41, 5.74) is 1.53. The number of carbonyl (C=O) groups is 1. The fraction of sp³-hybridized carbons (Fsp3) is 0.222. The largest absolute Gasteiger partial charge is 0.492 e. The van der Waals surface area contributed by atoms with Crippen molar-refractivity contribution in [2.45, 2.75) is 19.9 Å². The van der Waals surface area contributed by atoms with E-state index in [1.807, 2.05) is 62.4 Å². The molecule has 3 aromatic rings. The zero-order valence-corrected chi connectivity index (χ0v) is 13.9. The summed E-state index contributed by atoms with van der Waals surface area (Å²) in [6, 6.07) is 14.8. The molecule has 0 aliphatic heterocycles. The first-order chi connectivity index (χ1) is 11.2. The van der Waals surface area contributed by atoms with Gasteiger partial charge in [-0.15, -0.1) is 0 Å². The zero-order chi connectivity index (χ0) is 16.2. The van der Waals surface area contributed by atoms with E-state index in [4.69, 9.17) is 4.74 Å². The van der Waals surface area contributed by atoms with Crippen molar-refractivity contribution >= 4 is 32.5 Å². The van der Waals surface area contributed by atoms with Crippen LogP contribution in [0.1, 0.15) is 24.2 Å². The van der Waals surface area contributed by atoms with Crippen LogP contribution in [0.2, 0.25) is 0 Å². The number of aromatic nitrogens is 1. The Bertz CT molecular complexity index is 814. The van der Waals surface area contributed by atoms with Crippen molar-refractivity contribution in [3.05, 3.63) is 54.1 Å². The molecule has 118 valence electrons. The van der Waals surface area contributed by atoms with E-state index >= 15 is 0 Å². The summed E-state index contributed by atoms with van der Waals surface area (Å²) in [6.07, 6.45) is 0. The van der Waals surface area contributed by atoms with Crippen LogP contribution in [0.3, 0.4) is 0 Å². The summed E-state index contributed by atoms with van der Waals surface area (Å²) >= 11 is 1.52. The fourth-order valence-corrected chi connectivity index (χ4v) is 3.33. The number of anilines is 1. The van der Waals surface area contributed by atoms with E-state index in [1.165, 1.54) is 11.3 Å². The molecular weight excluding hydrogens is 308 g/mol. The number of ether oxygens (including phenoxy) is 1. The maximum Gasteiger partial charge on any atom is 0.184 e. The van der Waals surface area contributed by atoms with Crippen LogP contribution in [0.4, 0.5) is 5.13 Å². The third-order valence-corrected chi connectivity index (χ3v) is 4.43. The highest BCUT2D eigenvalue weighted by atomic mass is 32.1. The fourth-order valence-electron chi connectivity index (χ4n) is 2.36. The van der Waals surface area contributed by atoms with Gasteiger partial charge in [-0.05, 0) is 26.0 Å². The standard InChI is InChI=1S/C18H18N2O2S/c1-3-22-14-10-7-11-15-16(14)20-18(23-15)19-12(2)17(21)13-8-5-4-6-9-13/h4-12H,3H2,1-2H3,(H,19,20). The van der Waals surface area contributed by atoms with Gasteiger partial charge in [-0.3, -0.25) is 4.79 Å². The van der Waals surface area contributed by atoms with Crippen LogP contribution in [0.25, 0.3) is 10.2 Å². The third kappa shape index (κ3) is 3.35. The van der Waals surface area contributed by atoms with Crippen LogP contribution >= 0.6 is 11.3 Å². The maximum atomic E-state index is 12.4. The molecule has 1 unspecified atom stereocenters. The number of hydrogen-bond donors (Lipinski definition) is 1. The van der Waals surface area contributed by atoms with Crippen LogP contribution in [-0.4, -0.2) is 23.4 Å². The topological polar surface area (TPSA) is 51.2 Å². The Morgan fingerprint density at radius 3 is 2.74 bits per heavy atom. The summed E-state index contributed by atoms with van der Waals surface area (Å²) in [7, 11) is 0. The smallest absolute Gasteiger partial charge is 0.184 e. The summed E-state index contributed by atoms with van der Waals surface area (Å²) in [5.74, 6) is 0.825. The molecule has 1 atom stereocenters. The van der Waals surface area contributed by atoms with Gasteiger partial charge in [-0.1, -0.05) is 47.7 Å². The summed E-state index contributed by atoms with van der Waals surface area (Å²) < 4.78 is 6.64. The highest BCUT2D eigenvalue weighted by Crippen LogP contribution is 2.32. The van der Waals surface area contributed by atoms with E-state index in [1.54, 1.807) is 0 Å². The minimum atomic E-state index is -0.339. The second kappa shape index (κ2) is 6.79. The van der Waals surface area contributed by atoms with Gasteiger partial charge in [0.25, 0.3) is 0 Å². The monoisotopic (exact) mass is 326 g/mol. The molecule has 1 aromatic heterocycles. The molecule has 0 saturated carbocycles. The molecule has 23 heavy (non-hydrogen) atoms. The van der Waals surface area contributed by atoms with Crippen molar-refractivity contribution in [1.29, 1.82) is 0 Å². The normalized spacial score (nSPS) is 12.1. The molecule has 0 saturated heterocycles. The van der Waals surface area contributed by atoms with Gasteiger partial charge in [0, 0.05) is 5.56 Å². The quantitative estimate of drug-likeness (QED) is 0.683. The van der Waals surface area contributed by atoms with Crippen molar-refractivity contribution in [1.82, 2.24) is 4.98 Å². The van der Waals surface area contributed by atoms with Gasteiger partial charge in [0.2, 0.25) is 0 Å². The Labute approximate surface area is 139 Å². The summed E-state index contributed by atoms with van der Waals surface area (Å²) in [5, 5.41) is 3.93. The van der Waals surface area contributed by atoms with Gasteiger partial charge in [0.15, 0.2) is 10.9 Å². The van der Waals surface area contributed by atoms with Crippen molar-refractivity contribution in [2.24, 2.45) is 0 Å². The lowest BCUT2D eigenvalue weighted by Gasteiger charge is -2.11. The Morgan fingerprint density at radius 1 is 1.22 bits per heavy atom. The van der Waals surface area contributed by atoms with Gasteiger partial charge < -0.3 is 10.1 Å². The first-order valence-electron chi connectivity index (χ1n) is 7.57. The van der Waals surface area contributed by atoms with Crippen LogP contribution in [0.5, 0.6) is 5.75 Å². The number of thiazole rings is 1. The van der Waals surface area contributed by atoms with Crippen molar-refractivity contribution in [3.63, 3.8) is 0 Å². The van der Waals surface area contributed by atoms with Crippen molar-refractivity contribution in [3.8, 4) is 5.75 Å². The van der Waals surface area contributed by atoms with E-state index in [0.717, 1.165) is 21.1 Å². The second-order valence-corrected chi connectivity index (χ2v) is 6.18. The molecule has 5 heteroatoms. The Hall–Kier alpha value is -2.40. The Kier molecular flexibility index (Phi) is 4.57. The molecule has 0 radical (unpaired) electrons. The molecule has 3 rings (SSSR count). The predicted octanol–water partition coefficient (Wildman–Crippen LogP) is 4.38. The van der Waals surface area contributed by atoms with Gasteiger partial charge in [-0.25, -0.2) is 4.98 Å². The lowest BCUT2D eigenvalue weighted by molar-refractivity contribution is 0.0975. The number of rotatable bonds is 6. The molecule has 2 aromatic carbocycles. The van der Waals surface area contributed by atoms with Crippen LogP contribution in [-0.2, 0) is 0 Å². The van der Waals surface area contributed by atoms with E-state index < -0.39 is 0 Å². The lowest BCUT2D eigenvalue weighted by Crippen LogP contribution is -2.26. The molecule has 0 fully saturated rings. The molecule has 0 amide bonds. The number of Topliss-reactive ketones (excluding diaryl/α,β-unsaturated/α-hetero) is 1. The highest BCUT2D eigenvalue weighted by Gasteiger charge is 2.17. The molecule has 0 aliphatic rings. The second-order valence-electron chi connectivity index (χ2n) is 5.15. The van der Waals surface area contributed by atoms with Gasteiger partial charge in [0.1, 0.15) is 11.3 Å². The average molecular weight is 326 g/mol. The lowest BCUT2D eigenvalue weighted by atomic mass is 10.1. The van der Waals surface area contributed by atoms with Gasteiger partial charge >= 0.3 is 0 Å². The maximum absolute atomic E-state index is 12.4. The molecule has 0 aliphatic carbocycles. The molecular formula is C18H18N2O2S. The number of para-hydroxylation sites is 1. The van der Waals surface area contributed by atoms with E-state index in [2.05, 4.69) is 10.3 Å². The Morgan fingerprint density at radius 2 is 2.00 bits per heavy atom. The van der Waals surface area contributed by atoms with E-state index in [-0.39, 0.29) is 11.8 Å². The number of carbonyl (C=O) groups excluding carboxylic acids is 1. The third-order valence-electron chi connectivity index (χ3n) is 3.47. The highest BCUT2D eigenvalue weighted by molar-refractivity contribution is 7.22. The van der Waals surface area contributed by atoms with Crippen molar-refractivity contribution in [2.75, 3.05) is 11.9 Å². The molecule has 0 spiro atoms. The van der Waals surface area contributed by atoms with Crippen LogP contribution in [0, 0.1) is 0 Å². The molecule has 1 heterocycles. The predicted molar refractivity (Wildman–Crippen MR) is 94.6 cm³/mol. The minimum Gasteiger partial charge on any atom is -0.492 e. The zero-order valence-electron chi connectivity index (χ0n) is 13.1. The number of ketones is 1. The van der Waals surface area contributed by atoms with Crippen molar-refractivity contribution < 1.29 is 9.53 Å². The first kappa shape index (κ1) is 15.5. The number of hydrogen-bond acceptors (Lipinski definition) is 5. The SMILES string of the molecule is CCOc1cccc2sc(NC(C)C(=O)c3ccccc3)nc12.